The number of halogens is 1. The standard InChI is InChI=1S/C18H24ClN3O2/c1-11(10-23)12(2)20-18(24)17-13(3)21-22(14(17)4)9-15-5-7-16(19)8-6-15/h5-8,11-12,23H,9-10H2,1-4H3,(H,20,24). The van der Waals surface area contributed by atoms with Gasteiger partial charge >= 0.3 is 0 Å². The molecule has 2 N–H and O–H groups in total. The zero-order chi connectivity index (χ0) is 17.9. The fourth-order valence-corrected chi connectivity index (χ4v) is 2.65. The Kier molecular flexibility index (Phi) is 6.02. The second-order valence-corrected chi connectivity index (χ2v) is 6.69. The summed E-state index contributed by atoms with van der Waals surface area (Å²) in [6.45, 7) is 8.14. The van der Waals surface area contributed by atoms with Crippen molar-refractivity contribution in [3.8, 4) is 0 Å². The molecule has 0 spiro atoms. The van der Waals surface area contributed by atoms with Crippen molar-refractivity contribution in [3.63, 3.8) is 0 Å². The van der Waals surface area contributed by atoms with Gasteiger partial charge in [0.1, 0.15) is 0 Å². The second kappa shape index (κ2) is 7.81. The Bertz CT molecular complexity index is 710. The molecule has 2 unspecified atom stereocenters. The largest absolute Gasteiger partial charge is 0.396 e. The lowest BCUT2D eigenvalue weighted by Crippen LogP contribution is -2.38. The van der Waals surface area contributed by atoms with Crippen molar-refractivity contribution in [3.05, 3.63) is 51.8 Å². The lowest BCUT2D eigenvalue weighted by atomic mass is 10.0. The molecule has 0 saturated carbocycles. The molecular formula is C18H24ClN3O2. The second-order valence-electron chi connectivity index (χ2n) is 6.25. The van der Waals surface area contributed by atoms with Crippen LogP contribution in [0.5, 0.6) is 0 Å². The van der Waals surface area contributed by atoms with Gasteiger partial charge in [-0.05, 0) is 44.4 Å². The molecule has 1 aromatic carbocycles. The molecule has 2 atom stereocenters. The highest BCUT2D eigenvalue weighted by Crippen LogP contribution is 2.17. The zero-order valence-corrected chi connectivity index (χ0v) is 15.3. The highest BCUT2D eigenvalue weighted by molar-refractivity contribution is 6.30. The molecule has 1 amide bonds. The molecule has 0 aliphatic heterocycles. The van der Waals surface area contributed by atoms with E-state index in [0.717, 1.165) is 11.3 Å². The topological polar surface area (TPSA) is 67.2 Å². The van der Waals surface area contributed by atoms with Gasteiger partial charge in [-0.15, -0.1) is 0 Å². The Morgan fingerprint density at radius 1 is 1.29 bits per heavy atom. The smallest absolute Gasteiger partial charge is 0.255 e. The molecule has 0 bridgehead atoms. The molecule has 0 radical (unpaired) electrons. The quantitative estimate of drug-likeness (QED) is 0.842. The molecule has 130 valence electrons. The lowest BCUT2D eigenvalue weighted by molar-refractivity contribution is 0.0915. The molecule has 1 aromatic heterocycles. The molecule has 0 aliphatic rings. The number of aliphatic hydroxyl groups is 1. The summed E-state index contributed by atoms with van der Waals surface area (Å²) in [4.78, 5) is 12.6. The van der Waals surface area contributed by atoms with Crippen LogP contribution in [0.3, 0.4) is 0 Å². The Balaban J connectivity index is 2.19. The first-order chi connectivity index (χ1) is 11.3. The van der Waals surface area contributed by atoms with Crippen molar-refractivity contribution in [1.82, 2.24) is 15.1 Å². The number of rotatable bonds is 6. The summed E-state index contributed by atoms with van der Waals surface area (Å²) in [5.74, 6) is -0.154. The first-order valence-electron chi connectivity index (χ1n) is 8.03. The van der Waals surface area contributed by atoms with E-state index in [2.05, 4.69) is 10.4 Å². The predicted molar refractivity (Wildman–Crippen MR) is 95.4 cm³/mol. The van der Waals surface area contributed by atoms with E-state index in [-0.39, 0.29) is 24.5 Å². The fraction of sp³-hybridized carbons (Fsp3) is 0.444. The molecule has 0 saturated heterocycles. The Morgan fingerprint density at radius 3 is 2.50 bits per heavy atom. The number of carbonyl (C=O) groups excluding carboxylic acids is 1. The van der Waals surface area contributed by atoms with Gasteiger partial charge in [0.05, 0.1) is 17.8 Å². The monoisotopic (exact) mass is 349 g/mol. The summed E-state index contributed by atoms with van der Waals surface area (Å²) in [7, 11) is 0. The van der Waals surface area contributed by atoms with Crippen molar-refractivity contribution in [2.75, 3.05) is 6.61 Å². The van der Waals surface area contributed by atoms with E-state index in [1.807, 2.05) is 56.6 Å². The molecule has 5 nitrogen and oxygen atoms in total. The van der Waals surface area contributed by atoms with Gasteiger partial charge in [0, 0.05) is 23.4 Å². The van der Waals surface area contributed by atoms with E-state index < -0.39 is 0 Å². The molecule has 0 fully saturated rings. The number of aliphatic hydroxyl groups excluding tert-OH is 1. The third-order valence-electron chi connectivity index (χ3n) is 4.35. The molecule has 1 heterocycles. The van der Waals surface area contributed by atoms with Crippen LogP contribution >= 0.6 is 11.6 Å². The average Bonchev–Trinajstić information content (AvgIpc) is 2.82. The highest BCUT2D eigenvalue weighted by Gasteiger charge is 2.21. The van der Waals surface area contributed by atoms with Crippen molar-refractivity contribution in [2.24, 2.45) is 5.92 Å². The van der Waals surface area contributed by atoms with Crippen LogP contribution < -0.4 is 5.32 Å². The summed E-state index contributed by atoms with van der Waals surface area (Å²) in [6, 6.07) is 7.47. The summed E-state index contributed by atoms with van der Waals surface area (Å²) >= 11 is 5.91. The summed E-state index contributed by atoms with van der Waals surface area (Å²) in [5.41, 5.74) is 3.19. The SMILES string of the molecule is Cc1nn(Cc2ccc(Cl)cc2)c(C)c1C(=O)NC(C)C(C)CO. The minimum atomic E-state index is -0.153. The Labute approximate surface area is 147 Å². The number of hydrogen-bond donors (Lipinski definition) is 2. The summed E-state index contributed by atoms with van der Waals surface area (Å²) in [6.07, 6.45) is 0. The van der Waals surface area contributed by atoms with E-state index >= 15 is 0 Å². The maximum atomic E-state index is 12.6. The van der Waals surface area contributed by atoms with Crippen molar-refractivity contribution < 1.29 is 9.90 Å². The van der Waals surface area contributed by atoms with Crippen LogP contribution in [0.1, 0.15) is 41.2 Å². The Hall–Kier alpha value is -1.85. The maximum absolute atomic E-state index is 12.6. The van der Waals surface area contributed by atoms with Crippen molar-refractivity contribution >= 4 is 17.5 Å². The summed E-state index contributed by atoms with van der Waals surface area (Å²) in [5, 5.41) is 17.3. The van der Waals surface area contributed by atoms with Crippen molar-refractivity contribution in [1.29, 1.82) is 0 Å². The van der Waals surface area contributed by atoms with Gasteiger partial charge in [-0.2, -0.15) is 5.10 Å². The Morgan fingerprint density at radius 2 is 1.92 bits per heavy atom. The average molecular weight is 350 g/mol. The minimum Gasteiger partial charge on any atom is -0.396 e. The summed E-state index contributed by atoms with van der Waals surface area (Å²) < 4.78 is 1.83. The molecule has 2 rings (SSSR count). The van der Waals surface area contributed by atoms with Crippen LogP contribution in [0.2, 0.25) is 5.02 Å². The van der Waals surface area contributed by atoms with Crippen LogP contribution in [-0.4, -0.2) is 33.4 Å². The maximum Gasteiger partial charge on any atom is 0.255 e. The van der Waals surface area contributed by atoms with Crippen LogP contribution in [0.4, 0.5) is 0 Å². The van der Waals surface area contributed by atoms with Gasteiger partial charge in [-0.25, -0.2) is 0 Å². The number of nitrogens with one attached hydrogen (secondary N) is 1. The first kappa shape index (κ1) is 18.5. The molecule has 6 heteroatoms. The van der Waals surface area contributed by atoms with Crippen LogP contribution in [-0.2, 0) is 6.54 Å². The predicted octanol–water partition coefficient (Wildman–Crippen LogP) is 2.95. The first-order valence-corrected chi connectivity index (χ1v) is 8.41. The lowest BCUT2D eigenvalue weighted by Gasteiger charge is -2.19. The van der Waals surface area contributed by atoms with Crippen molar-refractivity contribution in [2.45, 2.75) is 40.3 Å². The minimum absolute atomic E-state index is 0.00123. The number of aromatic nitrogens is 2. The van der Waals surface area contributed by atoms with Gasteiger partial charge in [-0.3, -0.25) is 9.48 Å². The fourth-order valence-electron chi connectivity index (χ4n) is 2.52. The zero-order valence-electron chi connectivity index (χ0n) is 14.5. The van der Waals surface area contributed by atoms with Gasteiger partial charge in [0.25, 0.3) is 5.91 Å². The van der Waals surface area contributed by atoms with E-state index in [9.17, 15) is 9.90 Å². The number of benzene rings is 1. The number of amides is 1. The third-order valence-corrected chi connectivity index (χ3v) is 4.61. The van der Waals surface area contributed by atoms with Gasteiger partial charge in [0.2, 0.25) is 0 Å². The number of hydrogen-bond acceptors (Lipinski definition) is 3. The van der Waals surface area contributed by atoms with E-state index in [1.165, 1.54) is 0 Å². The number of carbonyl (C=O) groups is 1. The normalized spacial score (nSPS) is 13.6. The van der Waals surface area contributed by atoms with Gasteiger partial charge in [0.15, 0.2) is 0 Å². The van der Waals surface area contributed by atoms with Crippen LogP contribution in [0.15, 0.2) is 24.3 Å². The molecular weight excluding hydrogens is 326 g/mol. The molecule has 0 aliphatic carbocycles. The van der Waals surface area contributed by atoms with Crippen LogP contribution in [0, 0.1) is 19.8 Å². The van der Waals surface area contributed by atoms with Gasteiger partial charge in [-0.1, -0.05) is 30.7 Å². The van der Waals surface area contributed by atoms with E-state index in [4.69, 9.17) is 11.6 Å². The molecule has 2 aromatic rings. The molecule has 24 heavy (non-hydrogen) atoms. The highest BCUT2D eigenvalue weighted by atomic mass is 35.5. The third kappa shape index (κ3) is 4.16. The van der Waals surface area contributed by atoms with E-state index in [0.29, 0.717) is 22.8 Å². The van der Waals surface area contributed by atoms with Crippen LogP contribution in [0.25, 0.3) is 0 Å². The van der Waals surface area contributed by atoms with E-state index in [1.54, 1.807) is 0 Å². The number of nitrogens with zero attached hydrogens (tertiary/aromatic N) is 2. The van der Waals surface area contributed by atoms with Gasteiger partial charge < -0.3 is 10.4 Å². The number of aryl methyl sites for hydroxylation is 1.